The zero-order valence-corrected chi connectivity index (χ0v) is 78.1. The smallest absolute Gasteiger partial charge is 0.310 e. The number of non-ortho nitro benzene ring substituents is 2. The monoisotopic (exact) mass is 1970 g/mol. The normalized spacial score (nSPS) is 10.8. The number of hydrogen-bond acceptors (Lipinski definition) is 30. The number of carboxylic acid groups (broad SMARTS) is 1. The van der Waals surface area contributed by atoms with Crippen LogP contribution in [0.25, 0.3) is 83.2 Å². The molecule has 12 aromatic heterocycles. The number of alkyl halides is 1. The first kappa shape index (κ1) is 100.0. The summed E-state index contributed by atoms with van der Waals surface area (Å²) < 4.78 is 119. The average Bonchev–Trinajstić information content (AvgIpc) is 1.64. The predicted octanol–water partition coefficient (Wildman–Crippen LogP) is 22.3. The third-order valence-electron chi connectivity index (χ3n) is 19.4. The summed E-state index contributed by atoms with van der Waals surface area (Å²) in [5, 5.41) is 29.9. The second-order valence-electron chi connectivity index (χ2n) is 29.3. The fraction of sp³-hybridized carbons (Fsp3) is 0.167. The molecule has 6 aromatic carbocycles. The van der Waals surface area contributed by atoms with Crippen molar-refractivity contribution in [2.75, 3.05) is 48.7 Å². The maximum Gasteiger partial charge on any atom is 0.310 e. The fourth-order valence-electron chi connectivity index (χ4n) is 13.2. The lowest BCUT2D eigenvalue weighted by Gasteiger charge is -2.09. The highest BCUT2D eigenvalue weighted by molar-refractivity contribution is 7.23. The lowest BCUT2D eigenvalue weighted by atomic mass is 10.0. The fourth-order valence-corrected chi connectivity index (χ4v) is 17.3. The minimum atomic E-state index is -1.10. The molecule has 12 heterocycles. The van der Waals surface area contributed by atoms with Crippen molar-refractivity contribution in [3.8, 4) is 99.8 Å². The highest BCUT2D eigenvalue weighted by Crippen LogP contribution is 2.45. The van der Waals surface area contributed by atoms with Gasteiger partial charge < -0.3 is 71.2 Å². The number of aromatic amines is 1. The summed E-state index contributed by atoms with van der Waals surface area (Å²) in [5.41, 5.74) is 8.16. The number of aliphatic carboxylic acids is 1. The molecule has 0 amide bonds. The van der Waals surface area contributed by atoms with Crippen LogP contribution in [0.3, 0.4) is 0 Å². The molecule has 0 unspecified atom stereocenters. The van der Waals surface area contributed by atoms with E-state index in [1.165, 1.54) is 102 Å². The van der Waals surface area contributed by atoms with Crippen molar-refractivity contribution in [1.29, 1.82) is 0 Å². The SMILES string of the molecule is COCCl.COCn1cnc(-c2cc3nccc(Oc4ccc(C)cc4F)c3s2)c1.COCn1cnc(-c2cc3nccc(Oc4ccc(CC(=O)CC(=O)Cc5ccccc5OC)cc4F)c3s2)c1.COCn1cnc(-c2cc3nccc(Oc4ccc([N+](=O)[O-])cc4F)c3s2)c1.COc1ccccc1CC(=O)CC(=O)O.O=[N+]([O-])c1ccc(Oc2ccnc3cc(-c4cnc[nH]4)sc23)c(F)c1. The Hall–Kier alpha value is -15.5. The van der Waals surface area contributed by atoms with Gasteiger partial charge in [-0.25, -0.2) is 37.5 Å². The molecule has 0 bridgehead atoms. The Morgan fingerprint density at radius 1 is 0.420 bits per heavy atom. The van der Waals surface area contributed by atoms with Gasteiger partial charge in [0.2, 0.25) is 0 Å². The number of carboxylic acids is 1. The number of methoxy groups -OCH3 is 6. The summed E-state index contributed by atoms with van der Waals surface area (Å²) in [4.78, 5) is 108. The van der Waals surface area contributed by atoms with Crippen LogP contribution in [0, 0.1) is 50.4 Å². The molecule has 0 atom stereocenters. The van der Waals surface area contributed by atoms with Gasteiger partial charge in [0.05, 0.1) is 157 Å². The summed E-state index contributed by atoms with van der Waals surface area (Å²) in [7, 11) is 9.45. The quantitative estimate of drug-likeness (QED) is 0.0127. The number of fused-ring (bicyclic) bond motifs is 4. The first-order chi connectivity index (χ1) is 66.8. The molecule has 0 saturated carbocycles. The van der Waals surface area contributed by atoms with Crippen molar-refractivity contribution >= 4 is 133 Å². The van der Waals surface area contributed by atoms with E-state index in [2.05, 4.69) is 49.6 Å². The highest BCUT2D eigenvalue weighted by Gasteiger charge is 2.24. The van der Waals surface area contributed by atoms with Crippen molar-refractivity contribution in [3.05, 3.63) is 310 Å². The standard InChI is InChI=1S/C30H26FN3O5S.C19H16FN3O2S.C18H13FN4O4S.C16H9FN4O3S.C11H12O4.C2H5ClO/c1-37-18-34-16-25(33-17-34)29-15-24-30(40-29)28(9-10-32-24)39-27-8-7-19(12-23(27)31)11-21(35)14-22(36)13-20-5-3-4-6-26(20)38-2;1-12-3-4-16(13(20)7-12)25-17-5-6-21-14-8-18(26-19(14)17)15-9-23(10-22-15)11-24-2;1-26-10-22-8-14(21-9-22)17-7-13-18(28-17)16(4-5-20-13)27-15-3-2-11(23(24)25)6-12(15)19;17-10-5-9(21(22)23)1-2-13(10)24-14-3-4-19-11-6-15(25-16(11)14)12-7-18-8-20-12;1-15-10-5-3-2-4-8(10)6-9(12)7-11(13)14;1-4-2-3/h3-10,12,15-17H,11,13-14,18H2,1-2H3;3-10H,11H2,1-2H3;2-9H,10H2,1H3;1-8H,(H,18,20);2-5H,6-7H2,1H3,(H,13,14);2H2,1H3. The van der Waals surface area contributed by atoms with Crippen LogP contribution in [-0.4, -0.2) is 146 Å². The lowest BCUT2D eigenvalue weighted by molar-refractivity contribution is -0.385. The number of halogens is 5. The van der Waals surface area contributed by atoms with Crippen LogP contribution in [0.5, 0.6) is 57.5 Å². The number of ketones is 3. The van der Waals surface area contributed by atoms with Crippen molar-refractivity contribution in [2.24, 2.45) is 0 Å². The van der Waals surface area contributed by atoms with Gasteiger partial charge >= 0.3 is 5.97 Å². The van der Waals surface area contributed by atoms with Crippen molar-refractivity contribution in [2.45, 2.75) is 59.2 Å². The summed E-state index contributed by atoms with van der Waals surface area (Å²) in [5.74, 6) is -1.44. The molecule has 18 aromatic rings. The molecular formula is C96H81ClF4N14O19S4. The predicted molar refractivity (Wildman–Crippen MR) is 511 cm³/mol. The molecule has 0 radical (unpaired) electrons. The third-order valence-corrected chi connectivity index (χ3v) is 24.3. The Labute approximate surface area is 803 Å². The topological polar surface area (TPSA) is 401 Å². The van der Waals surface area contributed by atoms with Crippen molar-refractivity contribution < 1.29 is 99.1 Å². The number of nitrogens with one attached hydrogen (secondary N) is 1. The van der Waals surface area contributed by atoms with Crippen LogP contribution in [0.15, 0.2) is 245 Å². The van der Waals surface area contributed by atoms with Gasteiger partial charge in [-0.3, -0.25) is 59.3 Å². The number of H-pyrrole nitrogens is 1. The summed E-state index contributed by atoms with van der Waals surface area (Å²) >= 11 is 10.7. The van der Waals surface area contributed by atoms with Crippen molar-refractivity contribution in [1.82, 2.24) is 58.6 Å². The van der Waals surface area contributed by atoms with Gasteiger partial charge in [0.1, 0.15) is 84.5 Å². The zero-order chi connectivity index (χ0) is 97.9. The first-order valence-corrected chi connectivity index (χ1v) is 44.8. The number of ether oxygens (including phenoxy) is 10. The van der Waals surface area contributed by atoms with Crippen LogP contribution < -0.4 is 28.4 Å². The summed E-state index contributed by atoms with van der Waals surface area (Å²) in [6, 6.07) is 44.6. The molecule has 0 saturated heterocycles. The highest BCUT2D eigenvalue weighted by atomic mass is 35.5. The van der Waals surface area contributed by atoms with Crippen molar-refractivity contribution in [3.63, 3.8) is 0 Å². The maximum atomic E-state index is 15.0. The molecule has 0 spiro atoms. The van der Waals surface area contributed by atoms with Gasteiger partial charge in [0.15, 0.2) is 46.3 Å². The minimum Gasteiger partial charge on any atom is -0.496 e. The first-order valence-electron chi connectivity index (χ1n) is 41.0. The molecule has 0 fully saturated rings. The van der Waals surface area contributed by atoms with Crippen LogP contribution in [0.4, 0.5) is 28.9 Å². The lowest BCUT2D eigenvalue weighted by Crippen LogP contribution is -2.13. The number of nitrogens with zero attached hydrogens (tertiary/aromatic N) is 13. The van der Waals surface area contributed by atoms with E-state index in [9.17, 15) is 52.6 Å². The number of carbonyl (C=O) groups excluding carboxylic acids is 3. The van der Waals surface area contributed by atoms with E-state index in [0.29, 0.717) is 88.4 Å². The molecule has 138 heavy (non-hydrogen) atoms. The van der Waals surface area contributed by atoms with E-state index < -0.39 is 39.7 Å². The van der Waals surface area contributed by atoms with Gasteiger partial charge in [0.25, 0.3) is 11.4 Å². The molecule has 0 aliphatic heterocycles. The Morgan fingerprint density at radius 3 is 1.12 bits per heavy atom. The van der Waals surface area contributed by atoms with Crippen LogP contribution >= 0.6 is 56.9 Å². The van der Waals surface area contributed by atoms with Crippen LogP contribution in [0.2, 0.25) is 0 Å². The number of nitro benzene ring substituents is 2. The molecule has 42 heteroatoms. The van der Waals surface area contributed by atoms with Crippen LogP contribution in [-0.2, 0) is 77.6 Å². The Bertz CT molecular complexity index is 7330. The van der Waals surface area contributed by atoms with Gasteiger partial charge in [-0.15, -0.1) is 45.3 Å². The van der Waals surface area contributed by atoms with E-state index in [0.717, 1.165) is 89.9 Å². The number of Topliss-reactive ketones (excluding diaryl/α,β-unsaturated/α-hetero) is 3. The van der Waals surface area contributed by atoms with Gasteiger partial charge in [-0.2, -0.15) is 0 Å². The summed E-state index contributed by atoms with van der Waals surface area (Å²) in [6.45, 7) is 3.07. The van der Waals surface area contributed by atoms with E-state index in [1.54, 1.807) is 162 Å². The largest absolute Gasteiger partial charge is 0.496 e. The van der Waals surface area contributed by atoms with E-state index in [1.807, 2.05) is 77.1 Å². The molecule has 18 rings (SSSR count). The van der Waals surface area contributed by atoms with Crippen LogP contribution in [0.1, 0.15) is 35.1 Å². The Kier molecular flexibility index (Phi) is 34.9. The van der Waals surface area contributed by atoms with E-state index in [-0.39, 0.29) is 83.2 Å². The molecule has 0 aliphatic carbocycles. The number of rotatable bonds is 33. The summed E-state index contributed by atoms with van der Waals surface area (Å²) in [6.07, 6.45) is 19.8. The number of benzene rings is 6. The molecule has 2 N–H and O–H groups in total. The number of aromatic nitrogens is 12. The Morgan fingerprint density at radius 2 is 0.775 bits per heavy atom. The second-order valence-corrected chi connectivity index (χ2v) is 33.8. The molecular weight excluding hydrogens is 1890 g/mol. The zero-order valence-electron chi connectivity index (χ0n) is 74.1. The molecule has 0 aliphatic rings. The number of carbonyl (C=O) groups is 4. The number of thiophene rings is 4. The van der Waals surface area contributed by atoms with Gasteiger partial charge in [-0.05, 0) is 90.8 Å². The number of pyridine rings is 4. The number of aryl methyl sites for hydroxylation is 1. The molecule has 708 valence electrons. The minimum absolute atomic E-state index is 0.0234. The third kappa shape index (κ3) is 26.6. The average molecular weight is 1970 g/mol. The molecule has 33 nitrogen and oxygen atoms in total. The van der Waals surface area contributed by atoms with Gasteiger partial charge in [0, 0.05) is 139 Å². The number of para-hydroxylation sites is 2. The van der Waals surface area contributed by atoms with E-state index >= 15 is 4.39 Å². The number of nitro groups is 2. The maximum absolute atomic E-state index is 15.0. The second kappa shape index (κ2) is 48.1. The van der Waals surface area contributed by atoms with Gasteiger partial charge in [-0.1, -0.05) is 60.1 Å². The number of imidazole rings is 4. The number of hydrogen-bond donors (Lipinski definition) is 2. The Balaban J connectivity index is 0.000000148. The van der Waals surface area contributed by atoms with E-state index in [4.69, 9.17) is 59.3 Å².